The molecule has 3 rings (SSSR count). The Bertz CT molecular complexity index is 829. The van der Waals surface area contributed by atoms with Gasteiger partial charge in [-0.05, 0) is 25.5 Å². The number of aromatic nitrogens is 3. The standard InChI is InChI=1S/C21H32N6O3.HI/c1-4-22-21(23-11-6-12-30-18-8-5-7-17(13-18)29-3)24-16-9-10-20-25-19(15-28-2)26-27(20)14-16;/h5,7-8,13,16H,4,6,9-12,14-15H2,1-3H3,(H2,22,23,24);1H. The molecular formula is C21H33IN6O3. The topological polar surface area (TPSA) is 94.8 Å². The summed E-state index contributed by atoms with van der Waals surface area (Å²) in [7, 11) is 3.31. The predicted octanol–water partition coefficient (Wildman–Crippen LogP) is 2.39. The van der Waals surface area contributed by atoms with Crippen molar-refractivity contribution in [1.29, 1.82) is 0 Å². The fourth-order valence-electron chi connectivity index (χ4n) is 3.32. The summed E-state index contributed by atoms with van der Waals surface area (Å²) in [5.74, 6) is 4.19. The van der Waals surface area contributed by atoms with E-state index in [1.165, 1.54) is 0 Å². The van der Waals surface area contributed by atoms with E-state index in [0.29, 0.717) is 19.8 Å². The molecule has 31 heavy (non-hydrogen) atoms. The molecular weight excluding hydrogens is 511 g/mol. The smallest absolute Gasteiger partial charge is 0.191 e. The molecule has 2 aromatic rings. The van der Waals surface area contributed by atoms with Crippen molar-refractivity contribution in [2.45, 2.75) is 45.4 Å². The van der Waals surface area contributed by atoms with Crippen LogP contribution in [0.25, 0.3) is 0 Å². The van der Waals surface area contributed by atoms with E-state index >= 15 is 0 Å². The van der Waals surface area contributed by atoms with E-state index in [-0.39, 0.29) is 30.0 Å². The minimum atomic E-state index is 0. The molecule has 2 N–H and O–H groups in total. The molecule has 2 heterocycles. The Morgan fingerprint density at radius 1 is 1.29 bits per heavy atom. The average Bonchev–Trinajstić information content (AvgIpc) is 3.15. The Morgan fingerprint density at radius 3 is 2.90 bits per heavy atom. The highest BCUT2D eigenvalue weighted by Crippen LogP contribution is 2.19. The molecule has 1 aliphatic heterocycles. The lowest BCUT2D eigenvalue weighted by Gasteiger charge is -2.25. The summed E-state index contributed by atoms with van der Waals surface area (Å²) in [5, 5.41) is 11.4. The van der Waals surface area contributed by atoms with Crippen molar-refractivity contribution in [1.82, 2.24) is 25.4 Å². The van der Waals surface area contributed by atoms with E-state index in [1.807, 2.05) is 28.9 Å². The first-order valence-electron chi connectivity index (χ1n) is 10.4. The maximum absolute atomic E-state index is 5.78. The zero-order chi connectivity index (χ0) is 21.2. The zero-order valence-corrected chi connectivity index (χ0v) is 20.8. The monoisotopic (exact) mass is 544 g/mol. The van der Waals surface area contributed by atoms with Gasteiger partial charge in [0.2, 0.25) is 0 Å². The third kappa shape index (κ3) is 7.84. The minimum Gasteiger partial charge on any atom is -0.497 e. The molecule has 9 nitrogen and oxygen atoms in total. The van der Waals surface area contributed by atoms with Gasteiger partial charge in [0, 0.05) is 45.1 Å². The quantitative estimate of drug-likeness (QED) is 0.205. The Hall–Kier alpha value is -2.08. The van der Waals surface area contributed by atoms with Crippen LogP contribution in [-0.4, -0.2) is 60.7 Å². The summed E-state index contributed by atoms with van der Waals surface area (Å²) in [6.45, 7) is 5.38. The molecule has 172 valence electrons. The molecule has 0 spiro atoms. The number of nitrogens with one attached hydrogen (secondary N) is 2. The predicted molar refractivity (Wildman–Crippen MR) is 130 cm³/mol. The number of aliphatic imine (C=N–C) groups is 1. The van der Waals surface area contributed by atoms with Crippen molar-refractivity contribution in [3.8, 4) is 11.5 Å². The fraction of sp³-hybridized carbons (Fsp3) is 0.571. The van der Waals surface area contributed by atoms with E-state index in [0.717, 1.165) is 61.5 Å². The van der Waals surface area contributed by atoms with Crippen molar-refractivity contribution in [2.24, 2.45) is 4.99 Å². The average molecular weight is 544 g/mol. The third-order valence-electron chi connectivity index (χ3n) is 4.74. The highest BCUT2D eigenvalue weighted by Gasteiger charge is 2.22. The van der Waals surface area contributed by atoms with Crippen LogP contribution >= 0.6 is 24.0 Å². The van der Waals surface area contributed by atoms with E-state index in [9.17, 15) is 0 Å². The molecule has 1 aliphatic rings. The maximum atomic E-state index is 5.78. The van der Waals surface area contributed by atoms with Gasteiger partial charge < -0.3 is 24.8 Å². The molecule has 1 aromatic heterocycles. The van der Waals surface area contributed by atoms with Crippen molar-refractivity contribution in [3.05, 3.63) is 35.9 Å². The third-order valence-corrected chi connectivity index (χ3v) is 4.74. The first-order valence-corrected chi connectivity index (χ1v) is 10.4. The summed E-state index contributed by atoms with van der Waals surface area (Å²) < 4.78 is 18.1. The molecule has 1 aromatic carbocycles. The lowest BCUT2D eigenvalue weighted by atomic mass is 10.1. The van der Waals surface area contributed by atoms with Gasteiger partial charge in [-0.2, -0.15) is 5.10 Å². The Balaban J connectivity index is 0.00000341. The first-order chi connectivity index (χ1) is 14.7. The van der Waals surface area contributed by atoms with Crippen LogP contribution in [0.1, 0.15) is 31.4 Å². The number of methoxy groups -OCH3 is 2. The molecule has 10 heteroatoms. The Labute approximate surface area is 201 Å². The van der Waals surface area contributed by atoms with E-state index in [2.05, 4.69) is 32.6 Å². The molecule has 1 unspecified atom stereocenters. The SMILES string of the molecule is CCNC(=NCCCOc1cccc(OC)c1)NC1CCc2nc(COC)nn2C1.I. The second-order valence-electron chi connectivity index (χ2n) is 7.08. The summed E-state index contributed by atoms with van der Waals surface area (Å²) in [6.07, 6.45) is 2.71. The summed E-state index contributed by atoms with van der Waals surface area (Å²) in [5.41, 5.74) is 0. The largest absolute Gasteiger partial charge is 0.497 e. The van der Waals surface area contributed by atoms with Gasteiger partial charge in [0.15, 0.2) is 11.8 Å². The van der Waals surface area contributed by atoms with Crippen LogP contribution in [0.3, 0.4) is 0 Å². The first kappa shape index (κ1) is 25.2. The van der Waals surface area contributed by atoms with Gasteiger partial charge in [-0.1, -0.05) is 6.07 Å². The maximum Gasteiger partial charge on any atom is 0.191 e. The summed E-state index contributed by atoms with van der Waals surface area (Å²) >= 11 is 0. The number of ether oxygens (including phenoxy) is 3. The number of nitrogens with zero attached hydrogens (tertiary/aromatic N) is 4. The second-order valence-corrected chi connectivity index (χ2v) is 7.08. The van der Waals surface area contributed by atoms with Gasteiger partial charge in [-0.3, -0.25) is 4.99 Å². The molecule has 0 amide bonds. The van der Waals surface area contributed by atoms with Crippen molar-refractivity contribution >= 4 is 29.9 Å². The van der Waals surface area contributed by atoms with Crippen LogP contribution in [0.2, 0.25) is 0 Å². The molecule has 0 saturated heterocycles. The molecule has 0 bridgehead atoms. The van der Waals surface area contributed by atoms with Gasteiger partial charge in [0.05, 0.1) is 20.3 Å². The van der Waals surface area contributed by atoms with Crippen LogP contribution < -0.4 is 20.1 Å². The Morgan fingerprint density at radius 2 is 2.13 bits per heavy atom. The van der Waals surface area contributed by atoms with Gasteiger partial charge >= 0.3 is 0 Å². The number of rotatable bonds is 10. The highest BCUT2D eigenvalue weighted by molar-refractivity contribution is 14.0. The van der Waals surface area contributed by atoms with Crippen LogP contribution in [0.15, 0.2) is 29.3 Å². The van der Waals surface area contributed by atoms with Crippen LogP contribution in [0.5, 0.6) is 11.5 Å². The number of guanidine groups is 1. The summed E-state index contributed by atoms with van der Waals surface area (Å²) in [6, 6.07) is 7.89. The van der Waals surface area contributed by atoms with Crippen molar-refractivity contribution < 1.29 is 14.2 Å². The van der Waals surface area contributed by atoms with Crippen molar-refractivity contribution in [2.75, 3.05) is 33.9 Å². The van der Waals surface area contributed by atoms with E-state index in [1.54, 1.807) is 14.2 Å². The van der Waals surface area contributed by atoms with E-state index in [4.69, 9.17) is 14.2 Å². The molecule has 0 aliphatic carbocycles. The number of aryl methyl sites for hydroxylation is 1. The number of halogens is 1. The highest BCUT2D eigenvalue weighted by atomic mass is 127. The summed E-state index contributed by atoms with van der Waals surface area (Å²) in [4.78, 5) is 9.22. The Kier molecular flexibility index (Phi) is 10.9. The number of hydrogen-bond acceptors (Lipinski definition) is 6. The number of benzene rings is 1. The van der Waals surface area contributed by atoms with E-state index < -0.39 is 0 Å². The van der Waals surface area contributed by atoms with Crippen LogP contribution in [0.4, 0.5) is 0 Å². The fourth-order valence-corrected chi connectivity index (χ4v) is 3.32. The van der Waals surface area contributed by atoms with Gasteiger partial charge in [0.1, 0.15) is 23.9 Å². The second kappa shape index (κ2) is 13.4. The lowest BCUT2D eigenvalue weighted by molar-refractivity contribution is 0.177. The number of fused-ring (bicyclic) bond motifs is 1. The van der Waals surface area contributed by atoms with Gasteiger partial charge in [0.25, 0.3) is 0 Å². The van der Waals surface area contributed by atoms with Crippen LogP contribution in [0, 0.1) is 0 Å². The molecule has 1 atom stereocenters. The molecule has 0 fully saturated rings. The zero-order valence-electron chi connectivity index (χ0n) is 18.5. The van der Waals surface area contributed by atoms with Gasteiger partial charge in [-0.25, -0.2) is 9.67 Å². The van der Waals surface area contributed by atoms with Crippen LogP contribution in [-0.2, 0) is 24.3 Å². The minimum absolute atomic E-state index is 0. The van der Waals surface area contributed by atoms with Gasteiger partial charge in [-0.15, -0.1) is 24.0 Å². The molecule has 0 saturated carbocycles. The lowest BCUT2D eigenvalue weighted by Crippen LogP contribution is -2.47. The van der Waals surface area contributed by atoms with Crippen molar-refractivity contribution in [3.63, 3.8) is 0 Å². The number of hydrogen-bond donors (Lipinski definition) is 2. The normalized spacial score (nSPS) is 15.6. The molecule has 0 radical (unpaired) electrons.